The number of esters is 1. The molecule has 0 aliphatic carbocycles. The number of hydrogen-bond donors (Lipinski definition) is 3. The van der Waals surface area contributed by atoms with Crippen molar-refractivity contribution in [1.82, 2.24) is 10.3 Å². The van der Waals surface area contributed by atoms with Gasteiger partial charge in [-0.15, -0.1) is 0 Å². The highest BCUT2D eigenvalue weighted by Gasteiger charge is 2.66. The molecule has 48 heavy (non-hydrogen) atoms. The van der Waals surface area contributed by atoms with E-state index in [4.69, 9.17) is 18.9 Å². The van der Waals surface area contributed by atoms with E-state index in [0.717, 1.165) is 27.2 Å². The zero-order valence-electron chi connectivity index (χ0n) is 28.2. The SMILES string of the molecule is CC.COC(=O)C(CC#Cc1nccc2c1N[C@@H](C1O[C@@](C)(C(F)(F)F)C(C)C1c1ccc(F)c(F)c1OC)N2)NC(=O)OC(C)(C)C. The van der Waals surface area contributed by atoms with Crippen LogP contribution in [-0.4, -0.2) is 67.0 Å². The number of alkyl carbamates (subject to hydrolysis) is 1. The maximum Gasteiger partial charge on any atom is 0.417 e. The third kappa shape index (κ3) is 7.86. The number of nitrogens with one attached hydrogen (secondary N) is 3. The minimum absolute atomic E-state index is 0.0101. The van der Waals surface area contributed by atoms with Gasteiger partial charge in [0.1, 0.15) is 29.6 Å². The van der Waals surface area contributed by atoms with Crippen LogP contribution in [0.25, 0.3) is 0 Å². The third-order valence-electron chi connectivity index (χ3n) is 7.93. The number of pyridine rings is 1. The van der Waals surface area contributed by atoms with E-state index in [1.54, 1.807) is 26.8 Å². The quantitative estimate of drug-likeness (QED) is 0.178. The summed E-state index contributed by atoms with van der Waals surface area (Å²) in [5.74, 6) is -0.585. The number of nitrogens with zero attached hydrogens (tertiary/aromatic N) is 1. The molecule has 3 N–H and O–H groups in total. The highest BCUT2D eigenvalue weighted by Crippen LogP contribution is 2.56. The zero-order chi connectivity index (χ0) is 36.2. The normalized spacial score (nSPS) is 23.5. The average Bonchev–Trinajstić information content (AvgIpc) is 3.57. The Kier molecular flexibility index (Phi) is 11.8. The number of ether oxygens (including phenoxy) is 4. The van der Waals surface area contributed by atoms with Gasteiger partial charge in [-0.05, 0) is 45.7 Å². The van der Waals surface area contributed by atoms with Crippen LogP contribution in [-0.2, 0) is 19.0 Å². The van der Waals surface area contributed by atoms with E-state index >= 15 is 0 Å². The monoisotopic (exact) mass is 684 g/mol. The smallest absolute Gasteiger partial charge is 0.417 e. The van der Waals surface area contributed by atoms with Crippen LogP contribution in [0.1, 0.15) is 72.1 Å². The van der Waals surface area contributed by atoms with Gasteiger partial charge < -0.3 is 34.9 Å². The van der Waals surface area contributed by atoms with E-state index < -0.39 is 77.0 Å². The number of anilines is 2. The van der Waals surface area contributed by atoms with Gasteiger partial charge in [-0.25, -0.2) is 19.0 Å². The summed E-state index contributed by atoms with van der Waals surface area (Å²) in [7, 11) is 2.26. The fraction of sp³-hybridized carbons (Fsp3) is 0.545. The average molecular weight is 685 g/mol. The summed E-state index contributed by atoms with van der Waals surface area (Å²) < 4.78 is 92.9. The second kappa shape index (κ2) is 14.8. The molecule has 6 atom stereocenters. The third-order valence-corrected chi connectivity index (χ3v) is 7.93. The van der Waals surface area contributed by atoms with Crippen molar-refractivity contribution < 1.29 is 50.5 Å². The predicted octanol–water partition coefficient (Wildman–Crippen LogP) is 6.51. The van der Waals surface area contributed by atoms with Gasteiger partial charge in [-0.3, -0.25) is 0 Å². The molecule has 2 aromatic rings. The van der Waals surface area contributed by atoms with E-state index in [1.165, 1.54) is 19.2 Å². The van der Waals surface area contributed by atoms with Crippen LogP contribution in [0.5, 0.6) is 5.75 Å². The lowest BCUT2D eigenvalue weighted by atomic mass is 9.76. The molecule has 264 valence electrons. The Bertz CT molecular complexity index is 1550. The van der Waals surface area contributed by atoms with Crippen molar-refractivity contribution in [1.29, 1.82) is 0 Å². The van der Waals surface area contributed by atoms with Crippen LogP contribution in [0.3, 0.4) is 0 Å². The predicted molar refractivity (Wildman–Crippen MR) is 167 cm³/mol. The summed E-state index contributed by atoms with van der Waals surface area (Å²) >= 11 is 0. The zero-order valence-corrected chi connectivity index (χ0v) is 28.2. The molecule has 15 heteroatoms. The van der Waals surface area contributed by atoms with Gasteiger partial charge in [0.25, 0.3) is 0 Å². The molecule has 4 unspecified atom stereocenters. The number of halogens is 5. The lowest BCUT2D eigenvalue weighted by molar-refractivity contribution is -0.274. The van der Waals surface area contributed by atoms with E-state index in [0.29, 0.717) is 11.4 Å². The fourth-order valence-electron chi connectivity index (χ4n) is 5.52. The molecule has 4 rings (SSSR count). The van der Waals surface area contributed by atoms with E-state index in [2.05, 4.69) is 32.8 Å². The summed E-state index contributed by atoms with van der Waals surface area (Å²) in [5.41, 5.74) is -2.50. The maximum atomic E-state index is 14.8. The summed E-state index contributed by atoms with van der Waals surface area (Å²) in [6.07, 6.45) is -6.68. The Morgan fingerprint density at radius 3 is 2.38 bits per heavy atom. The second-order valence-electron chi connectivity index (χ2n) is 12.1. The number of alkyl halides is 3. The van der Waals surface area contributed by atoms with Crippen molar-refractivity contribution >= 4 is 23.4 Å². The second-order valence-corrected chi connectivity index (χ2v) is 12.1. The number of hydrogen-bond acceptors (Lipinski definition) is 9. The molecule has 0 bridgehead atoms. The first kappa shape index (κ1) is 38.1. The van der Waals surface area contributed by atoms with E-state index in [1.807, 2.05) is 13.8 Å². The van der Waals surface area contributed by atoms with Gasteiger partial charge in [0, 0.05) is 30.0 Å². The van der Waals surface area contributed by atoms with Crippen molar-refractivity contribution in [2.24, 2.45) is 5.92 Å². The molecule has 1 fully saturated rings. The molecule has 2 aliphatic heterocycles. The topological polar surface area (TPSA) is 120 Å². The first-order chi connectivity index (χ1) is 22.4. The van der Waals surface area contributed by atoms with Crippen LogP contribution in [0, 0.1) is 29.4 Å². The fourth-order valence-corrected chi connectivity index (χ4v) is 5.52. The van der Waals surface area contributed by atoms with Crippen LogP contribution in [0.4, 0.5) is 38.1 Å². The van der Waals surface area contributed by atoms with Crippen molar-refractivity contribution in [3.05, 3.63) is 47.3 Å². The van der Waals surface area contributed by atoms with Crippen LogP contribution >= 0.6 is 0 Å². The van der Waals surface area contributed by atoms with Crippen molar-refractivity contribution in [2.45, 2.75) is 96.5 Å². The largest absolute Gasteiger partial charge is 0.493 e. The Morgan fingerprint density at radius 1 is 1.12 bits per heavy atom. The number of fused-ring (bicyclic) bond motifs is 1. The summed E-state index contributed by atoms with van der Waals surface area (Å²) in [6.45, 7) is 11.2. The number of amides is 1. The summed E-state index contributed by atoms with van der Waals surface area (Å²) in [5, 5.41) is 8.60. The Balaban J connectivity index is 0.00000307. The highest BCUT2D eigenvalue weighted by molar-refractivity contribution is 5.82. The standard InChI is InChI=1S/C31H35F5N4O6.C2H6/c1-15-21(16-11-12-17(32)22(33)24(16)43-6)25(45-30(15,5)31(34,35)36)26-38-19-13-14-37-18(23(19)40-26)9-8-10-20(27(41)44-7)39-28(42)46-29(2,3)4;1-2/h11-15,20-21,25-26,38,40H,10H2,1-7H3,(H,39,42);1-2H3/t15?,20?,21?,25?,26-,30+;/m0./s1. The summed E-state index contributed by atoms with van der Waals surface area (Å²) in [6, 6.07) is 2.44. The van der Waals surface area contributed by atoms with Gasteiger partial charge >= 0.3 is 18.2 Å². The number of benzene rings is 1. The number of rotatable bonds is 6. The van der Waals surface area contributed by atoms with Gasteiger partial charge in [0.05, 0.1) is 25.6 Å². The molecular weight excluding hydrogens is 643 g/mol. The Labute approximate surface area is 276 Å². The minimum Gasteiger partial charge on any atom is -0.493 e. The number of carbonyl (C=O) groups excluding carboxylic acids is 2. The first-order valence-electron chi connectivity index (χ1n) is 15.3. The highest BCUT2D eigenvalue weighted by atomic mass is 19.4. The van der Waals surface area contributed by atoms with Gasteiger partial charge in [-0.1, -0.05) is 32.8 Å². The molecule has 1 saturated heterocycles. The van der Waals surface area contributed by atoms with Crippen molar-refractivity contribution in [3.63, 3.8) is 0 Å². The minimum atomic E-state index is -4.81. The molecule has 1 aromatic carbocycles. The molecule has 0 spiro atoms. The molecular formula is C33H41F5N4O6. The first-order valence-corrected chi connectivity index (χ1v) is 15.3. The van der Waals surface area contributed by atoms with Crippen molar-refractivity contribution in [2.75, 3.05) is 24.9 Å². The van der Waals surface area contributed by atoms with Crippen molar-refractivity contribution in [3.8, 4) is 17.6 Å². The number of aromatic nitrogens is 1. The molecule has 0 saturated carbocycles. The molecule has 1 aromatic heterocycles. The van der Waals surface area contributed by atoms with E-state index in [9.17, 15) is 31.5 Å². The van der Waals surface area contributed by atoms with Gasteiger partial charge in [0.15, 0.2) is 17.2 Å². The molecule has 0 radical (unpaired) electrons. The van der Waals surface area contributed by atoms with Gasteiger partial charge in [0.2, 0.25) is 5.82 Å². The molecule has 2 aliphatic rings. The molecule has 10 nitrogen and oxygen atoms in total. The lowest BCUT2D eigenvalue weighted by Crippen LogP contribution is -2.48. The van der Waals surface area contributed by atoms with Gasteiger partial charge in [-0.2, -0.15) is 17.6 Å². The number of carbonyl (C=O) groups is 2. The molecule has 3 heterocycles. The lowest BCUT2D eigenvalue weighted by Gasteiger charge is -2.32. The Hall–Kier alpha value is -4.32. The Morgan fingerprint density at radius 2 is 1.79 bits per heavy atom. The van der Waals surface area contributed by atoms with Crippen LogP contribution in [0.2, 0.25) is 0 Å². The molecule has 1 amide bonds. The summed E-state index contributed by atoms with van der Waals surface area (Å²) in [4.78, 5) is 28.7. The van der Waals surface area contributed by atoms with E-state index in [-0.39, 0.29) is 17.7 Å². The maximum absolute atomic E-state index is 14.8. The van der Waals surface area contributed by atoms with Crippen LogP contribution in [0.15, 0.2) is 24.4 Å². The number of methoxy groups -OCH3 is 2. The van der Waals surface area contributed by atoms with Crippen LogP contribution < -0.4 is 20.7 Å².